The number of benzene rings is 4. The minimum Gasteiger partial charge on any atom is -0.394 e. The smallest absolute Gasteiger partial charge is 0.254 e. The van der Waals surface area contributed by atoms with Crippen LogP contribution < -0.4 is 5.73 Å². The Morgan fingerprint density at radius 1 is 0.737 bits per heavy atom. The van der Waals surface area contributed by atoms with E-state index < -0.39 is 12.1 Å². The number of aliphatic hydroxyl groups excluding tert-OH is 1. The first-order chi connectivity index (χ1) is 18.4. The van der Waals surface area contributed by atoms with E-state index in [-0.39, 0.29) is 18.4 Å². The molecule has 0 aromatic heterocycles. The lowest BCUT2D eigenvalue weighted by atomic mass is 9.98. The number of amides is 2. The van der Waals surface area contributed by atoms with Crippen LogP contribution in [0.15, 0.2) is 97.1 Å². The molecule has 0 radical (unpaired) electrons. The van der Waals surface area contributed by atoms with Crippen molar-refractivity contribution in [2.75, 3.05) is 20.7 Å². The SMILES string of the molecule is CN(C(=O)[C@H](Cc1ccc2ccccc2c1)N(C)C(=O)c1cccc(CN)c1)[C@H](CO)Cc1ccccc1. The fourth-order valence-corrected chi connectivity index (χ4v) is 4.78. The van der Waals surface area contributed by atoms with Crippen LogP contribution in [-0.4, -0.2) is 59.5 Å². The van der Waals surface area contributed by atoms with Crippen molar-refractivity contribution in [2.24, 2.45) is 5.73 Å². The molecule has 2 amide bonds. The molecule has 2 atom stereocenters. The molecule has 38 heavy (non-hydrogen) atoms. The molecule has 0 bridgehead atoms. The molecule has 6 nitrogen and oxygen atoms in total. The molecule has 196 valence electrons. The van der Waals surface area contributed by atoms with Gasteiger partial charge in [0, 0.05) is 32.6 Å². The fourth-order valence-electron chi connectivity index (χ4n) is 4.78. The average Bonchev–Trinajstić information content (AvgIpc) is 2.97. The van der Waals surface area contributed by atoms with Crippen molar-refractivity contribution in [3.8, 4) is 0 Å². The van der Waals surface area contributed by atoms with Crippen molar-refractivity contribution in [3.05, 3.63) is 119 Å². The third-order valence-electron chi connectivity index (χ3n) is 7.15. The van der Waals surface area contributed by atoms with E-state index in [0.717, 1.165) is 27.5 Å². The van der Waals surface area contributed by atoms with E-state index >= 15 is 0 Å². The highest BCUT2D eigenvalue weighted by molar-refractivity contribution is 5.97. The predicted octanol–water partition coefficient (Wildman–Crippen LogP) is 4.04. The zero-order valence-corrected chi connectivity index (χ0v) is 22.0. The van der Waals surface area contributed by atoms with Crippen LogP contribution >= 0.6 is 0 Å². The van der Waals surface area contributed by atoms with E-state index in [1.54, 1.807) is 37.2 Å². The summed E-state index contributed by atoms with van der Waals surface area (Å²) in [6.45, 7) is 0.140. The monoisotopic (exact) mass is 509 g/mol. The van der Waals surface area contributed by atoms with Crippen LogP contribution in [-0.2, 0) is 24.2 Å². The lowest BCUT2D eigenvalue weighted by Gasteiger charge is -2.34. The highest BCUT2D eigenvalue weighted by Gasteiger charge is 2.33. The van der Waals surface area contributed by atoms with Gasteiger partial charge in [-0.2, -0.15) is 0 Å². The first-order valence-corrected chi connectivity index (χ1v) is 12.9. The fraction of sp³-hybridized carbons (Fsp3) is 0.250. The van der Waals surface area contributed by atoms with Gasteiger partial charge < -0.3 is 20.6 Å². The zero-order valence-electron chi connectivity index (χ0n) is 22.0. The second kappa shape index (κ2) is 12.5. The number of nitrogens with two attached hydrogens (primary N) is 1. The van der Waals surface area contributed by atoms with Crippen molar-refractivity contribution in [1.29, 1.82) is 0 Å². The lowest BCUT2D eigenvalue weighted by Crippen LogP contribution is -2.53. The Labute approximate surface area is 224 Å². The number of hydrogen-bond donors (Lipinski definition) is 2. The van der Waals surface area contributed by atoms with E-state index in [2.05, 4.69) is 6.07 Å². The molecule has 0 aliphatic heterocycles. The summed E-state index contributed by atoms with van der Waals surface area (Å²) in [5, 5.41) is 12.4. The molecule has 0 saturated heterocycles. The van der Waals surface area contributed by atoms with Gasteiger partial charge >= 0.3 is 0 Å². The number of likely N-dealkylation sites (N-methyl/N-ethyl adjacent to an activating group) is 2. The van der Waals surface area contributed by atoms with Gasteiger partial charge in [-0.15, -0.1) is 0 Å². The number of rotatable bonds is 10. The summed E-state index contributed by atoms with van der Waals surface area (Å²) in [6.07, 6.45) is 0.856. The van der Waals surface area contributed by atoms with Gasteiger partial charge in [0.25, 0.3) is 5.91 Å². The van der Waals surface area contributed by atoms with Gasteiger partial charge in [0.2, 0.25) is 5.91 Å². The van der Waals surface area contributed by atoms with Gasteiger partial charge in [-0.25, -0.2) is 0 Å². The number of carbonyl (C=O) groups excluding carboxylic acids is 2. The summed E-state index contributed by atoms with van der Waals surface area (Å²) in [5.74, 6) is -0.476. The molecule has 0 saturated carbocycles. The van der Waals surface area contributed by atoms with Gasteiger partial charge in [-0.05, 0) is 46.0 Å². The molecule has 4 aromatic carbocycles. The van der Waals surface area contributed by atoms with Crippen molar-refractivity contribution in [1.82, 2.24) is 9.80 Å². The number of fused-ring (bicyclic) bond motifs is 1. The molecule has 0 fully saturated rings. The summed E-state index contributed by atoms with van der Waals surface area (Å²) >= 11 is 0. The first kappa shape index (κ1) is 27.0. The third-order valence-corrected chi connectivity index (χ3v) is 7.15. The summed E-state index contributed by atoms with van der Waals surface area (Å²) < 4.78 is 0. The summed E-state index contributed by atoms with van der Waals surface area (Å²) in [7, 11) is 3.37. The minimum absolute atomic E-state index is 0.184. The van der Waals surface area contributed by atoms with Crippen LogP contribution in [0.3, 0.4) is 0 Å². The molecule has 4 rings (SSSR count). The summed E-state index contributed by atoms with van der Waals surface area (Å²) in [5.41, 5.74) is 9.11. The summed E-state index contributed by atoms with van der Waals surface area (Å²) in [6, 6.07) is 29.9. The van der Waals surface area contributed by atoms with Gasteiger partial charge in [0.15, 0.2) is 0 Å². The second-order valence-corrected chi connectivity index (χ2v) is 9.70. The van der Waals surface area contributed by atoms with Gasteiger partial charge in [-0.1, -0.05) is 84.9 Å². The summed E-state index contributed by atoms with van der Waals surface area (Å²) in [4.78, 5) is 30.7. The second-order valence-electron chi connectivity index (χ2n) is 9.70. The molecule has 3 N–H and O–H groups in total. The normalized spacial score (nSPS) is 12.6. The van der Waals surface area contributed by atoms with Crippen molar-refractivity contribution >= 4 is 22.6 Å². The van der Waals surface area contributed by atoms with Crippen LogP contribution in [0.25, 0.3) is 10.8 Å². The third kappa shape index (κ3) is 6.28. The highest BCUT2D eigenvalue weighted by atomic mass is 16.3. The average molecular weight is 510 g/mol. The Morgan fingerprint density at radius 2 is 1.42 bits per heavy atom. The Kier molecular flexibility index (Phi) is 8.89. The number of hydrogen-bond acceptors (Lipinski definition) is 4. The van der Waals surface area contributed by atoms with E-state index in [1.165, 1.54) is 4.90 Å². The van der Waals surface area contributed by atoms with Crippen LogP contribution in [0.1, 0.15) is 27.0 Å². The maximum absolute atomic E-state index is 14.0. The highest BCUT2D eigenvalue weighted by Crippen LogP contribution is 2.21. The molecule has 0 aliphatic rings. The topological polar surface area (TPSA) is 86.9 Å². The van der Waals surface area contributed by atoms with Crippen LogP contribution in [0.2, 0.25) is 0 Å². The molecule has 6 heteroatoms. The lowest BCUT2D eigenvalue weighted by molar-refractivity contribution is -0.137. The molecule has 0 heterocycles. The quantitative estimate of drug-likeness (QED) is 0.338. The van der Waals surface area contributed by atoms with E-state index in [9.17, 15) is 14.7 Å². The molecular weight excluding hydrogens is 474 g/mol. The van der Waals surface area contributed by atoms with E-state index in [0.29, 0.717) is 24.9 Å². The van der Waals surface area contributed by atoms with E-state index in [1.807, 2.05) is 72.8 Å². The molecule has 0 aliphatic carbocycles. The van der Waals surface area contributed by atoms with Crippen molar-refractivity contribution < 1.29 is 14.7 Å². The van der Waals surface area contributed by atoms with Gasteiger partial charge in [0.1, 0.15) is 6.04 Å². The number of carbonyl (C=O) groups is 2. The Morgan fingerprint density at radius 3 is 2.13 bits per heavy atom. The standard InChI is InChI=1S/C32H35N3O3/c1-34(29(22-36)19-23-9-4-3-5-10-23)32(38)30(20-24-15-16-26-12-6-7-13-27(26)17-24)35(2)31(37)28-14-8-11-25(18-28)21-33/h3-18,29-30,36H,19-22,33H2,1-2H3/t29-,30-/m0/s1. The molecular formula is C32H35N3O3. The maximum atomic E-state index is 14.0. The Balaban J connectivity index is 1.65. The largest absolute Gasteiger partial charge is 0.394 e. The molecule has 0 spiro atoms. The number of nitrogens with zero attached hydrogens (tertiary/aromatic N) is 2. The maximum Gasteiger partial charge on any atom is 0.254 e. The van der Waals surface area contributed by atoms with Crippen LogP contribution in [0, 0.1) is 0 Å². The minimum atomic E-state index is -0.764. The Hall–Kier alpha value is -4.00. The zero-order chi connectivity index (χ0) is 27.1. The first-order valence-electron chi connectivity index (χ1n) is 12.9. The van der Waals surface area contributed by atoms with Crippen molar-refractivity contribution in [3.63, 3.8) is 0 Å². The van der Waals surface area contributed by atoms with Crippen molar-refractivity contribution in [2.45, 2.75) is 31.5 Å². The predicted molar refractivity (Wildman–Crippen MR) is 152 cm³/mol. The van der Waals surface area contributed by atoms with Crippen LogP contribution in [0.5, 0.6) is 0 Å². The molecule has 0 unspecified atom stereocenters. The van der Waals surface area contributed by atoms with Crippen LogP contribution in [0.4, 0.5) is 0 Å². The van der Waals surface area contributed by atoms with E-state index in [4.69, 9.17) is 5.73 Å². The number of aliphatic hydroxyl groups is 1. The molecule has 4 aromatic rings. The Bertz CT molecular complexity index is 1390. The van der Waals surface area contributed by atoms with Gasteiger partial charge in [-0.3, -0.25) is 9.59 Å². The van der Waals surface area contributed by atoms with Gasteiger partial charge in [0.05, 0.1) is 12.6 Å².